The van der Waals surface area contributed by atoms with Crippen LogP contribution in [0.15, 0.2) is 30.7 Å². The van der Waals surface area contributed by atoms with Crippen molar-refractivity contribution >= 4 is 5.91 Å². The van der Waals surface area contributed by atoms with E-state index in [9.17, 15) is 4.79 Å². The molecule has 1 aliphatic carbocycles. The van der Waals surface area contributed by atoms with Crippen molar-refractivity contribution in [3.05, 3.63) is 47.5 Å². The average Bonchev–Trinajstić information content (AvgIpc) is 3.23. The highest BCUT2D eigenvalue weighted by Gasteiger charge is 2.29. The first-order valence-corrected chi connectivity index (χ1v) is 10.1. The third-order valence-electron chi connectivity index (χ3n) is 5.79. The van der Waals surface area contributed by atoms with Crippen LogP contribution >= 0.6 is 0 Å². The molecule has 6 nitrogen and oxygen atoms in total. The molecule has 1 N–H and O–H groups in total. The predicted octanol–water partition coefficient (Wildman–Crippen LogP) is 3.67. The number of ether oxygens (including phenoxy) is 1. The summed E-state index contributed by atoms with van der Waals surface area (Å²) in [6, 6.07) is 3.93. The minimum atomic E-state index is 0.0768. The SMILES string of the molecule is O=C(c1cn[nH]c1C1CCCCC1)N1CCC[C@H](OCc2cccnc2)C1. The Bertz CT molecular complexity index is 740. The third-order valence-corrected chi connectivity index (χ3v) is 5.79. The fourth-order valence-corrected chi connectivity index (χ4v) is 4.30. The zero-order chi connectivity index (χ0) is 18.5. The van der Waals surface area contributed by atoms with E-state index in [1.807, 2.05) is 23.2 Å². The zero-order valence-corrected chi connectivity index (χ0v) is 15.8. The number of aromatic nitrogens is 3. The van der Waals surface area contributed by atoms with E-state index in [4.69, 9.17) is 4.74 Å². The third kappa shape index (κ3) is 4.38. The number of aromatic amines is 1. The van der Waals surface area contributed by atoms with E-state index in [-0.39, 0.29) is 12.0 Å². The van der Waals surface area contributed by atoms with Gasteiger partial charge in [0, 0.05) is 31.4 Å². The van der Waals surface area contributed by atoms with Crippen molar-refractivity contribution in [2.24, 2.45) is 0 Å². The molecule has 1 saturated heterocycles. The van der Waals surface area contributed by atoms with E-state index >= 15 is 0 Å². The molecule has 3 heterocycles. The minimum Gasteiger partial charge on any atom is -0.372 e. The van der Waals surface area contributed by atoms with Crippen LogP contribution in [-0.2, 0) is 11.3 Å². The summed E-state index contributed by atoms with van der Waals surface area (Å²) in [5, 5.41) is 7.32. The Morgan fingerprint density at radius 1 is 1.19 bits per heavy atom. The lowest BCUT2D eigenvalue weighted by molar-refractivity contribution is -0.00686. The van der Waals surface area contributed by atoms with Crippen molar-refractivity contribution in [2.75, 3.05) is 13.1 Å². The Labute approximate surface area is 160 Å². The van der Waals surface area contributed by atoms with Gasteiger partial charge in [-0.25, -0.2) is 0 Å². The molecule has 0 bridgehead atoms. The normalized spacial score (nSPS) is 21.3. The summed E-state index contributed by atoms with van der Waals surface area (Å²) >= 11 is 0. The lowest BCUT2D eigenvalue weighted by Gasteiger charge is -2.33. The molecule has 2 aromatic heterocycles. The molecule has 6 heteroatoms. The van der Waals surface area contributed by atoms with Crippen LogP contribution < -0.4 is 0 Å². The first-order valence-electron chi connectivity index (χ1n) is 10.1. The number of nitrogens with zero attached hydrogens (tertiary/aromatic N) is 3. The maximum Gasteiger partial charge on any atom is 0.257 e. The van der Waals surface area contributed by atoms with Crippen LogP contribution in [0.5, 0.6) is 0 Å². The molecular formula is C21H28N4O2. The van der Waals surface area contributed by atoms with Gasteiger partial charge in [-0.3, -0.25) is 14.9 Å². The molecular weight excluding hydrogens is 340 g/mol. The molecule has 1 amide bonds. The average molecular weight is 368 g/mol. The molecule has 2 fully saturated rings. The Morgan fingerprint density at radius 3 is 2.89 bits per heavy atom. The van der Waals surface area contributed by atoms with Crippen LogP contribution in [0.2, 0.25) is 0 Å². The molecule has 4 rings (SSSR count). The fraction of sp³-hybridized carbons (Fsp3) is 0.571. The summed E-state index contributed by atoms with van der Waals surface area (Å²) < 4.78 is 6.06. The lowest BCUT2D eigenvalue weighted by atomic mass is 9.85. The monoisotopic (exact) mass is 368 g/mol. The Balaban J connectivity index is 1.38. The van der Waals surface area contributed by atoms with Gasteiger partial charge in [-0.05, 0) is 37.3 Å². The Hall–Kier alpha value is -2.21. The number of H-pyrrole nitrogens is 1. The highest BCUT2D eigenvalue weighted by molar-refractivity contribution is 5.95. The van der Waals surface area contributed by atoms with Crippen molar-refractivity contribution in [3.8, 4) is 0 Å². The molecule has 2 aromatic rings. The van der Waals surface area contributed by atoms with E-state index < -0.39 is 0 Å². The number of likely N-dealkylation sites (tertiary alicyclic amines) is 1. The summed E-state index contributed by atoms with van der Waals surface area (Å²) in [5.74, 6) is 0.543. The molecule has 1 saturated carbocycles. The quantitative estimate of drug-likeness (QED) is 0.874. The van der Waals surface area contributed by atoms with Crippen molar-refractivity contribution in [1.29, 1.82) is 0 Å². The molecule has 1 atom stereocenters. The van der Waals surface area contributed by atoms with Gasteiger partial charge in [0.1, 0.15) is 0 Å². The molecule has 0 unspecified atom stereocenters. The Kier molecular flexibility index (Phi) is 5.82. The van der Waals surface area contributed by atoms with Gasteiger partial charge in [-0.2, -0.15) is 5.10 Å². The summed E-state index contributed by atoms with van der Waals surface area (Å²) in [7, 11) is 0. The van der Waals surface area contributed by atoms with Crippen LogP contribution in [0.3, 0.4) is 0 Å². The van der Waals surface area contributed by atoms with Crippen molar-refractivity contribution in [3.63, 3.8) is 0 Å². The van der Waals surface area contributed by atoms with Gasteiger partial charge in [0.15, 0.2) is 0 Å². The topological polar surface area (TPSA) is 71.1 Å². The van der Waals surface area contributed by atoms with Crippen LogP contribution in [0, 0.1) is 0 Å². The Morgan fingerprint density at radius 2 is 2.07 bits per heavy atom. The van der Waals surface area contributed by atoms with Gasteiger partial charge in [0.2, 0.25) is 0 Å². The summed E-state index contributed by atoms with van der Waals surface area (Å²) in [6.45, 7) is 1.98. The number of piperidine rings is 1. The van der Waals surface area contributed by atoms with E-state index in [1.54, 1.807) is 12.4 Å². The van der Waals surface area contributed by atoms with Gasteiger partial charge in [-0.1, -0.05) is 25.3 Å². The summed E-state index contributed by atoms with van der Waals surface area (Å²) in [5.41, 5.74) is 2.86. The van der Waals surface area contributed by atoms with Gasteiger partial charge >= 0.3 is 0 Å². The molecule has 144 valence electrons. The van der Waals surface area contributed by atoms with Gasteiger partial charge < -0.3 is 9.64 Å². The van der Waals surface area contributed by atoms with Crippen molar-refractivity contribution < 1.29 is 9.53 Å². The number of carbonyl (C=O) groups excluding carboxylic acids is 1. The smallest absolute Gasteiger partial charge is 0.257 e. The maximum atomic E-state index is 13.1. The highest BCUT2D eigenvalue weighted by atomic mass is 16.5. The van der Waals surface area contributed by atoms with Crippen LogP contribution in [-0.4, -0.2) is 45.2 Å². The zero-order valence-electron chi connectivity index (χ0n) is 15.8. The van der Waals surface area contributed by atoms with Crippen LogP contribution in [0.25, 0.3) is 0 Å². The van der Waals surface area contributed by atoms with Crippen LogP contribution in [0.4, 0.5) is 0 Å². The molecule has 1 aliphatic heterocycles. The van der Waals surface area contributed by atoms with E-state index in [2.05, 4.69) is 15.2 Å². The van der Waals surface area contributed by atoms with E-state index in [0.29, 0.717) is 19.1 Å². The number of amides is 1. The first-order chi connectivity index (χ1) is 13.3. The standard InChI is InChI=1S/C21H28N4O2/c26-21(19-13-23-24-20(19)17-7-2-1-3-8-17)25-11-5-9-18(14-25)27-15-16-6-4-10-22-12-16/h4,6,10,12-13,17-18H,1-3,5,7-9,11,14-15H2,(H,23,24)/t18-/m0/s1. The highest BCUT2D eigenvalue weighted by Crippen LogP contribution is 2.33. The largest absolute Gasteiger partial charge is 0.372 e. The second kappa shape index (κ2) is 8.65. The maximum absolute atomic E-state index is 13.1. The lowest BCUT2D eigenvalue weighted by Crippen LogP contribution is -2.43. The number of pyridine rings is 1. The molecule has 2 aliphatic rings. The second-order valence-corrected chi connectivity index (χ2v) is 7.72. The van der Waals surface area contributed by atoms with E-state index in [1.165, 1.54) is 19.3 Å². The molecule has 27 heavy (non-hydrogen) atoms. The number of hydrogen-bond donors (Lipinski definition) is 1. The second-order valence-electron chi connectivity index (χ2n) is 7.72. The number of carbonyl (C=O) groups is 1. The van der Waals surface area contributed by atoms with Crippen molar-refractivity contribution in [1.82, 2.24) is 20.1 Å². The first kappa shape index (κ1) is 18.2. The number of hydrogen-bond acceptors (Lipinski definition) is 4. The van der Waals surface area contributed by atoms with Crippen LogP contribution in [0.1, 0.15) is 72.5 Å². The summed E-state index contributed by atoms with van der Waals surface area (Å²) in [6.07, 6.45) is 13.4. The van der Waals surface area contributed by atoms with Gasteiger partial charge in [-0.15, -0.1) is 0 Å². The predicted molar refractivity (Wildman–Crippen MR) is 102 cm³/mol. The fourth-order valence-electron chi connectivity index (χ4n) is 4.30. The van der Waals surface area contributed by atoms with Crippen molar-refractivity contribution in [2.45, 2.75) is 63.6 Å². The minimum absolute atomic E-state index is 0.0768. The number of nitrogens with one attached hydrogen (secondary N) is 1. The number of rotatable bonds is 5. The van der Waals surface area contributed by atoms with Gasteiger partial charge in [0.05, 0.1) is 30.2 Å². The van der Waals surface area contributed by atoms with E-state index in [0.717, 1.165) is 49.0 Å². The molecule has 0 aromatic carbocycles. The van der Waals surface area contributed by atoms with Gasteiger partial charge in [0.25, 0.3) is 5.91 Å². The molecule has 0 radical (unpaired) electrons. The molecule has 0 spiro atoms. The summed E-state index contributed by atoms with van der Waals surface area (Å²) in [4.78, 5) is 19.2.